The number of hydrogen-bond donors (Lipinski definition) is 1. The number of benzene rings is 1. The first-order valence-electron chi connectivity index (χ1n) is 4.18. The molecule has 1 N–H and O–H groups in total. The zero-order chi connectivity index (χ0) is 10.6. The Morgan fingerprint density at radius 2 is 2.29 bits per heavy atom. The van der Waals surface area contributed by atoms with Crippen molar-refractivity contribution in [2.75, 3.05) is 18.3 Å². The summed E-state index contributed by atoms with van der Waals surface area (Å²) in [5, 5.41) is 2.66. The van der Waals surface area contributed by atoms with Crippen molar-refractivity contribution >= 4 is 23.2 Å². The maximum Gasteiger partial charge on any atom is 0.239 e. The van der Waals surface area contributed by atoms with Gasteiger partial charge in [-0.25, -0.2) is 0 Å². The molecule has 0 aliphatic rings. The van der Waals surface area contributed by atoms with Crippen LogP contribution in [0.5, 0.6) is 5.75 Å². The van der Waals surface area contributed by atoms with Gasteiger partial charge in [0.15, 0.2) is 0 Å². The fourth-order valence-electron chi connectivity index (χ4n) is 1.10. The number of aryl methyl sites for hydroxylation is 1. The van der Waals surface area contributed by atoms with Gasteiger partial charge < -0.3 is 10.1 Å². The molecule has 0 aromatic heterocycles. The highest BCUT2D eigenvalue weighted by Crippen LogP contribution is 2.24. The van der Waals surface area contributed by atoms with Crippen LogP contribution in [0.3, 0.4) is 0 Å². The molecule has 76 valence electrons. The van der Waals surface area contributed by atoms with Gasteiger partial charge in [0.05, 0.1) is 12.8 Å². The number of alkyl halides is 1. The number of anilines is 1. The molecule has 0 aliphatic heterocycles. The molecule has 0 saturated carbocycles. The lowest BCUT2D eigenvalue weighted by molar-refractivity contribution is -0.113. The summed E-state index contributed by atoms with van der Waals surface area (Å²) in [6, 6.07) is 5.55. The number of amides is 1. The second kappa shape index (κ2) is 4.86. The van der Waals surface area contributed by atoms with E-state index in [1.165, 1.54) is 0 Å². The van der Waals surface area contributed by atoms with Gasteiger partial charge in [-0.3, -0.25) is 4.79 Å². The third-order valence-electron chi connectivity index (χ3n) is 1.75. The molecular formula is C10H12ClNO2. The second-order valence-electron chi connectivity index (χ2n) is 2.89. The molecule has 3 nitrogen and oxygen atoms in total. The van der Waals surface area contributed by atoms with E-state index in [0.717, 1.165) is 5.56 Å². The molecule has 0 radical (unpaired) electrons. The maximum absolute atomic E-state index is 11.1. The molecule has 0 fully saturated rings. The molecule has 4 heteroatoms. The van der Waals surface area contributed by atoms with Gasteiger partial charge in [-0.15, -0.1) is 11.6 Å². The average Bonchev–Trinajstić information content (AvgIpc) is 2.18. The van der Waals surface area contributed by atoms with Crippen LogP contribution in [0.4, 0.5) is 5.69 Å². The van der Waals surface area contributed by atoms with Crippen LogP contribution in [0.2, 0.25) is 0 Å². The summed E-state index contributed by atoms with van der Waals surface area (Å²) >= 11 is 5.38. The number of carbonyl (C=O) groups excluding carboxylic acids is 1. The van der Waals surface area contributed by atoms with Gasteiger partial charge in [0.25, 0.3) is 0 Å². The quantitative estimate of drug-likeness (QED) is 0.782. The zero-order valence-electron chi connectivity index (χ0n) is 8.13. The van der Waals surface area contributed by atoms with E-state index in [2.05, 4.69) is 5.32 Å². The molecule has 0 atom stereocenters. The number of carbonyl (C=O) groups is 1. The maximum atomic E-state index is 11.1. The van der Waals surface area contributed by atoms with Gasteiger partial charge in [-0.1, -0.05) is 6.07 Å². The van der Waals surface area contributed by atoms with Crippen molar-refractivity contribution in [2.45, 2.75) is 6.92 Å². The van der Waals surface area contributed by atoms with Crippen molar-refractivity contribution < 1.29 is 9.53 Å². The number of rotatable bonds is 3. The van der Waals surface area contributed by atoms with Crippen molar-refractivity contribution in [1.82, 2.24) is 0 Å². The molecule has 0 saturated heterocycles. The summed E-state index contributed by atoms with van der Waals surface area (Å²) in [6.07, 6.45) is 0. The Morgan fingerprint density at radius 1 is 1.57 bits per heavy atom. The van der Waals surface area contributed by atoms with Gasteiger partial charge >= 0.3 is 0 Å². The molecule has 0 spiro atoms. The summed E-state index contributed by atoms with van der Waals surface area (Å²) in [5.41, 5.74) is 1.70. The topological polar surface area (TPSA) is 38.3 Å². The van der Waals surface area contributed by atoms with Crippen molar-refractivity contribution in [1.29, 1.82) is 0 Å². The van der Waals surface area contributed by atoms with Gasteiger partial charge in [0.1, 0.15) is 11.6 Å². The van der Waals surface area contributed by atoms with Crippen molar-refractivity contribution in [2.24, 2.45) is 0 Å². The number of ether oxygens (including phenoxy) is 1. The Labute approximate surface area is 88.0 Å². The molecule has 1 aromatic rings. The van der Waals surface area contributed by atoms with Crippen molar-refractivity contribution in [3.63, 3.8) is 0 Å². The third kappa shape index (κ3) is 2.64. The van der Waals surface area contributed by atoms with Crippen molar-refractivity contribution in [3.8, 4) is 5.75 Å². The Balaban J connectivity index is 2.93. The molecule has 0 aliphatic carbocycles. The minimum absolute atomic E-state index is 0.0584. The minimum atomic E-state index is -0.240. The summed E-state index contributed by atoms with van der Waals surface area (Å²) in [5.74, 6) is 0.335. The van der Waals surface area contributed by atoms with E-state index < -0.39 is 0 Å². The number of methoxy groups -OCH3 is 1. The summed E-state index contributed by atoms with van der Waals surface area (Å²) < 4.78 is 5.09. The standard InChI is InChI=1S/C10H12ClNO2/c1-7-3-4-9(14-2)8(5-7)12-10(13)6-11/h3-5H,6H2,1-2H3,(H,12,13). The van der Waals surface area contributed by atoms with E-state index in [1.807, 2.05) is 19.1 Å². The number of halogens is 1. The van der Waals surface area contributed by atoms with Crippen LogP contribution in [0.25, 0.3) is 0 Å². The van der Waals surface area contributed by atoms with Gasteiger partial charge in [-0.2, -0.15) is 0 Å². The predicted molar refractivity (Wildman–Crippen MR) is 57.1 cm³/mol. The number of nitrogens with one attached hydrogen (secondary N) is 1. The summed E-state index contributed by atoms with van der Waals surface area (Å²) in [4.78, 5) is 11.1. The van der Waals surface area contributed by atoms with Crippen LogP contribution >= 0.6 is 11.6 Å². The van der Waals surface area contributed by atoms with Crippen LogP contribution in [0, 0.1) is 6.92 Å². The Morgan fingerprint density at radius 3 is 2.86 bits per heavy atom. The van der Waals surface area contributed by atoms with Crippen LogP contribution in [0.15, 0.2) is 18.2 Å². The Kier molecular flexibility index (Phi) is 3.77. The molecule has 0 unspecified atom stereocenters. The highest BCUT2D eigenvalue weighted by Gasteiger charge is 2.05. The van der Waals surface area contributed by atoms with Gasteiger partial charge in [0.2, 0.25) is 5.91 Å². The zero-order valence-corrected chi connectivity index (χ0v) is 8.89. The Hall–Kier alpha value is -1.22. The van der Waals surface area contributed by atoms with Crippen molar-refractivity contribution in [3.05, 3.63) is 23.8 Å². The average molecular weight is 214 g/mol. The summed E-state index contributed by atoms with van der Waals surface area (Å²) in [7, 11) is 1.56. The van der Waals surface area contributed by atoms with Crippen LogP contribution < -0.4 is 10.1 Å². The first-order valence-corrected chi connectivity index (χ1v) is 4.71. The third-order valence-corrected chi connectivity index (χ3v) is 1.99. The first kappa shape index (κ1) is 10.9. The van der Waals surface area contributed by atoms with Crippen LogP contribution in [-0.4, -0.2) is 18.9 Å². The molecule has 0 bridgehead atoms. The van der Waals surface area contributed by atoms with E-state index in [1.54, 1.807) is 13.2 Å². The van der Waals surface area contributed by atoms with E-state index in [0.29, 0.717) is 11.4 Å². The van der Waals surface area contributed by atoms with Crippen LogP contribution in [0.1, 0.15) is 5.56 Å². The lowest BCUT2D eigenvalue weighted by atomic mass is 10.2. The smallest absolute Gasteiger partial charge is 0.239 e. The SMILES string of the molecule is COc1ccc(C)cc1NC(=O)CCl. The van der Waals surface area contributed by atoms with Gasteiger partial charge in [0, 0.05) is 0 Å². The Bertz CT molecular complexity index is 339. The predicted octanol–water partition coefficient (Wildman–Crippen LogP) is 2.18. The normalized spacial score (nSPS) is 9.64. The first-order chi connectivity index (χ1) is 6.67. The molecule has 14 heavy (non-hydrogen) atoms. The highest BCUT2D eigenvalue weighted by atomic mass is 35.5. The number of hydrogen-bond acceptors (Lipinski definition) is 2. The molecule has 1 rings (SSSR count). The van der Waals surface area contributed by atoms with E-state index in [4.69, 9.17) is 16.3 Å². The molecule has 1 amide bonds. The molecular weight excluding hydrogens is 202 g/mol. The van der Waals surface area contributed by atoms with E-state index >= 15 is 0 Å². The molecule has 1 aromatic carbocycles. The second-order valence-corrected chi connectivity index (χ2v) is 3.15. The lowest BCUT2D eigenvalue weighted by Gasteiger charge is -2.09. The largest absolute Gasteiger partial charge is 0.495 e. The highest BCUT2D eigenvalue weighted by molar-refractivity contribution is 6.29. The van der Waals surface area contributed by atoms with Gasteiger partial charge in [-0.05, 0) is 24.6 Å². The fourth-order valence-corrected chi connectivity index (χ4v) is 1.17. The van der Waals surface area contributed by atoms with E-state index in [-0.39, 0.29) is 11.8 Å². The van der Waals surface area contributed by atoms with Crippen LogP contribution in [-0.2, 0) is 4.79 Å². The summed E-state index contributed by atoms with van der Waals surface area (Å²) in [6.45, 7) is 1.94. The minimum Gasteiger partial charge on any atom is -0.495 e. The monoisotopic (exact) mass is 213 g/mol. The fraction of sp³-hybridized carbons (Fsp3) is 0.300. The lowest BCUT2D eigenvalue weighted by Crippen LogP contribution is -2.13. The molecule has 0 heterocycles. The van der Waals surface area contributed by atoms with E-state index in [9.17, 15) is 4.79 Å².